The Balaban J connectivity index is 4.92. The van der Waals surface area contributed by atoms with Crippen LogP contribution in [0.15, 0.2) is 10.8 Å². The summed E-state index contributed by atoms with van der Waals surface area (Å²) >= 11 is 5.73. The van der Waals surface area contributed by atoms with Crippen molar-refractivity contribution in [3.63, 3.8) is 0 Å². The van der Waals surface area contributed by atoms with Crippen molar-refractivity contribution in [1.82, 2.24) is 4.90 Å². The fraction of sp³-hybridized carbons (Fsp3) is 0.625. The van der Waals surface area contributed by atoms with Crippen molar-refractivity contribution in [2.24, 2.45) is 0 Å². The van der Waals surface area contributed by atoms with Crippen molar-refractivity contribution in [2.45, 2.75) is 6.92 Å². The molecule has 0 aromatic carbocycles. The molecule has 0 aromatic rings. The van der Waals surface area contributed by atoms with E-state index < -0.39 is 13.7 Å². The third-order valence-corrected chi connectivity index (χ3v) is 3.42. The number of halogens is 1. The fourth-order valence-corrected chi connectivity index (χ4v) is 1.69. The minimum atomic E-state index is -3.67. The maximum atomic E-state index is 11.6. The Kier molecular flexibility index (Phi) is 6.04. The van der Waals surface area contributed by atoms with Gasteiger partial charge < -0.3 is 9.42 Å². The summed E-state index contributed by atoms with van der Waals surface area (Å²) < 4.78 is 25.5. The van der Waals surface area contributed by atoms with Crippen LogP contribution >= 0.6 is 19.4 Å². The molecule has 94 valence electrons. The van der Waals surface area contributed by atoms with Gasteiger partial charge in [-0.2, -0.15) is 0 Å². The highest BCUT2D eigenvalue weighted by Crippen LogP contribution is 2.50. The normalized spacial score (nSPS) is 13.1. The third-order valence-electron chi connectivity index (χ3n) is 1.60. The lowest BCUT2D eigenvalue weighted by atomic mass is 10.4. The van der Waals surface area contributed by atoms with Gasteiger partial charge in [-0.25, -0.2) is 4.57 Å². The number of hydrogen-bond donors (Lipinski definition) is 0. The number of rotatable bonds is 5. The molecule has 0 aliphatic heterocycles. The molecule has 0 saturated heterocycles. The molecule has 0 saturated carbocycles. The summed E-state index contributed by atoms with van der Waals surface area (Å²) in [6.45, 7) is 1.40. The summed E-state index contributed by atoms with van der Waals surface area (Å²) in [6.07, 6.45) is 0. The highest BCUT2D eigenvalue weighted by atomic mass is 35.5. The van der Waals surface area contributed by atoms with Crippen LogP contribution in [0.4, 0.5) is 0 Å². The van der Waals surface area contributed by atoms with Crippen molar-refractivity contribution >= 4 is 25.3 Å². The minimum absolute atomic E-state index is 0.0209. The number of carbonyl (C=O) groups is 1. The molecule has 0 aromatic heterocycles. The van der Waals surface area contributed by atoms with Crippen LogP contribution in [0.25, 0.3) is 0 Å². The molecule has 0 unspecified atom stereocenters. The van der Waals surface area contributed by atoms with E-state index in [1.165, 1.54) is 40.1 Å². The van der Waals surface area contributed by atoms with Gasteiger partial charge in [0.25, 0.3) is 5.91 Å². The van der Waals surface area contributed by atoms with E-state index in [2.05, 4.69) is 9.05 Å². The number of phosphoric acid groups is 1. The number of likely N-dealkylation sites (N-methyl/N-ethyl adjacent to an activating group) is 1. The van der Waals surface area contributed by atoms with E-state index in [1.807, 2.05) is 0 Å². The van der Waals surface area contributed by atoms with E-state index in [0.29, 0.717) is 0 Å². The zero-order valence-corrected chi connectivity index (χ0v) is 11.5. The zero-order chi connectivity index (χ0) is 12.9. The van der Waals surface area contributed by atoms with E-state index in [1.54, 1.807) is 0 Å². The van der Waals surface area contributed by atoms with Crippen LogP contribution in [-0.4, -0.2) is 39.1 Å². The maximum Gasteiger partial charge on any atom is 0.529 e. The van der Waals surface area contributed by atoms with E-state index in [-0.39, 0.29) is 10.8 Å². The fourth-order valence-electron chi connectivity index (χ4n) is 0.704. The van der Waals surface area contributed by atoms with Gasteiger partial charge in [0, 0.05) is 28.3 Å². The number of carbonyl (C=O) groups excluding carboxylic acids is 1. The molecular formula is C8H15ClNO5P. The number of amides is 1. The Morgan fingerprint density at radius 2 is 1.69 bits per heavy atom. The first-order valence-electron chi connectivity index (χ1n) is 4.26. The summed E-state index contributed by atoms with van der Waals surface area (Å²) in [5, 5.41) is -0.181. The van der Waals surface area contributed by atoms with E-state index in [4.69, 9.17) is 16.1 Å². The summed E-state index contributed by atoms with van der Waals surface area (Å²) in [5.74, 6) is -0.481. The average molecular weight is 272 g/mol. The van der Waals surface area contributed by atoms with Gasteiger partial charge in [-0.1, -0.05) is 11.6 Å². The van der Waals surface area contributed by atoms with Crippen LogP contribution in [0.3, 0.4) is 0 Å². The maximum absolute atomic E-state index is 11.6. The smallest absolute Gasteiger partial charge is 0.407 e. The summed E-state index contributed by atoms with van der Waals surface area (Å²) in [4.78, 5) is 12.7. The monoisotopic (exact) mass is 271 g/mol. The molecular weight excluding hydrogens is 257 g/mol. The van der Waals surface area contributed by atoms with Gasteiger partial charge in [0.1, 0.15) is 10.8 Å². The number of hydrogen-bond acceptors (Lipinski definition) is 5. The van der Waals surface area contributed by atoms with E-state index in [9.17, 15) is 9.36 Å². The van der Waals surface area contributed by atoms with Crippen LogP contribution in [0, 0.1) is 0 Å². The molecule has 0 bridgehead atoms. The molecule has 8 heteroatoms. The zero-order valence-electron chi connectivity index (χ0n) is 9.81. The standard InChI is InChI=1S/C8H15ClNO5P/c1-6(7(9)8(11)10(2)3)15-16(12,13-4)14-5/h1-5H3/b7-6+. The first-order valence-corrected chi connectivity index (χ1v) is 6.10. The molecule has 0 N–H and O–H groups in total. The molecule has 0 spiro atoms. The quantitative estimate of drug-likeness (QED) is 0.434. The van der Waals surface area contributed by atoms with Crippen LogP contribution in [0.1, 0.15) is 6.92 Å². The number of nitrogens with zero attached hydrogens (tertiary/aromatic N) is 1. The third kappa shape index (κ3) is 4.14. The molecule has 16 heavy (non-hydrogen) atoms. The second-order valence-corrected chi connectivity index (χ2v) is 5.16. The van der Waals surface area contributed by atoms with Gasteiger partial charge in [0.2, 0.25) is 0 Å². The second kappa shape index (κ2) is 6.25. The van der Waals surface area contributed by atoms with Crippen molar-refractivity contribution in [3.8, 4) is 0 Å². The van der Waals surface area contributed by atoms with Crippen molar-refractivity contribution < 1.29 is 22.9 Å². The highest BCUT2D eigenvalue weighted by Gasteiger charge is 2.27. The van der Waals surface area contributed by atoms with E-state index >= 15 is 0 Å². The van der Waals surface area contributed by atoms with Crippen LogP contribution in [0.2, 0.25) is 0 Å². The summed E-state index contributed by atoms with van der Waals surface area (Å²) in [5.41, 5.74) is 0. The van der Waals surface area contributed by atoms with Crippen LogP contribution in [-0.2, 0) is 22.9 Å². The number of phosphoric ester groups is 1. The van der Waals surface area contributed by atoms with Crippen molar-refractivity contribution in [3.05, 3.63) is 10.8 Å². The molecule has 0 heterocycles. The number of allylic oxidation sites excluding steroid dienone is 1. The van der Waals surface area contributed by atoms with Crippen LogP contribution < -0.4 is 0 Å². The first kappa shape index (κ1) is 15.4. The molecule has 1 amide bonds. The Hall–Kier alpha value is -0.550. The molecule has 0 radical (unpaired) electrons. The molecule has 0 aliphatic rings. The van der Waals surface area contributed by atoms with Gasteiger partial charge >= 0.3 is 7.82 Å². The minimum Gasteiger partial charge on any atom is -0.407 e. The lowest BCUT2D eigenvalue weighted by Crippen LogP contribution is -2.22. The van der Waals surface area contributed by atoms with Crippen LogP contribution in [0.5, 0.6) is 0 Å². The molecule has 0 rings (SSSR count). The highest BCUT2D eigenvalue weighted by molar-refractivity contribution is 7.48. The Morgan fingerprint density at radius 1 is 1.25 bits per heavy atom. The predicted octanol–water partition coefficient (Wildman–Crippen LogP) is 1.96. The largest absolute Gasteiger partial charge is 0.529 e. The van der Waals surface area contributed by atoms with Gasteiger partial charge in [-0.15, -0.1) is 0 Å². The topological polar surface area (TPSA) is 65.1 Å². The van der Waals surface area contributed by atoms with Gasteiger partial charge in [0.05, 0.1) is 0 Å². The van der Waals surface area contributed by atoms with Gasteiger partial charge in [-0.3, -0.25) is 13.8 Å². The molecule has 6 nitrogen and oxygen atoms in total. The van der Waals surface area contributed by atoms with Crippen molar-refractivity contribution in [2.75, 3.05) is 28.3 Å². The Labute approximate surface area is 99.7 Å². The lowest BCUT2D eigenvalue weighted by molar-refractivity contribution is -0.124. The Morgan fingerprint density at radius 3 is 2.00 bits per heavy atom. The summed E-state index contributed by atoms with van der Waals surface area (Å²) in [6, 6.07) is 0. The first-order chi connectivity index (χ1) is 7.27. The molecule has 0 aliphatic carbocycles. The second-order valence-electron chi connectivity index (χ2n) is 2.97. The van der Waals surface area contributed by atoms with Gasteiger partial charge in [0.15, 0.2) is 0 Å². The van der Waals surface area contributed by atoms with E-state index in [0.717, 1.165) is 0 Å². The average Bonchev–Trinajstić information content (AvgIpc) is 2.26. The Bertz CT molecular complexity index is 333. The summed E-state index contributed by atoms with van der Waals surface area (Å²) in [7, 11) is 1.72. The SMILES string of the molecule is COP(=O)(OC)O/C(C)=C(/Cl)C(=O)N(C)C. The molecule has 0 atom stereocenters. The van der Waals surface area contributed by atoms with Crippen molar-refractivity contribution in [1.29, 1.82) is 0 Å². The lowest BCUT2D eigenvalue weighted by Gasteiger charge is -2.16. The predicted molar refractivity (Wildman–Crippen MR) is 60.0 cm³/mol. The molecule has 0 fully saturated rings. The van der Waals surface area contributed by atoms with Gasteiger partial charge in [-0.05, 0) is 6.92 Å².